The second-order valence-corrected chi connectivity index (χ2v) is 6.69. The number of amides is 3. The number of hydrogen-bond donors (Lipinski definition) is 3. The van der Waals surface area contributed by atoms with Crippen LogP contribution in [0.4, 0.5) is 5.82 Å². The highest BCUT2D eigenvalue weighted by atomic mass is 16.5. The molecule has 0 aliphatic carbocycles. The van der Waals surface area contributed by atoms with Gasteiger partial charge >= 0.3 is 0 Å². The Balaban J connectivity index is 1.61. The van der Waals surface area contributed by atoms with Crippen LogP contribution in [0.25, 0.3) is 11.4 Å². The summed E-state index contributed by atoms with van der Waals surface area (Å²) in [5, 5.41) is 9.05. The van der Waals surface area contributed by atoms with Crippen LogP contribution in [0, 0.1) is 0 Å². The van der Waals surface area contributed by atoms with Crippen molar-refractivity contribution in [3.05, 3.63) is 69.8 Å². The molecule has 4 N–H and O–H groups in total. The van der Waals surface area contributed by atoms with Crippen molar-refractivity contribution in [2.45, 2.75) is 0 Å². The Morgan fingerprint density at radius 1 is 1.13 bits per heavy atom. The fourth-order valence-corrected chi connectivity index (χ4v) is 3.25. The first-order valence-electron chi connectivity index (χ1n) is 9.25. The number of hydrogen-bond acceptors (Lipinski definition) is 7. The second-order valence-electron chi connectivity index (χ2n) is 6.69. The number of rotatable bonds is 6. The fourth-order valence-electron chi connectivity index (χ4n) is 3.25. The van der Waals surface area contributed by atoms with Crippen LogP contribution in [0.15, 0.2) is 47.4 Å². The van der Waals surface area contributed by atoms with E-state index in [1.54, 1.807) is 43.6 Å². The minimum absolute atomic E-state index is 0.0233. The van der Waals surface area contributed by atoms with Crippen molar-refractivity contribution < 1.29 is 19.1 Å². The molecule has 4 rings (SSSR count). The molecule has 11 nitrogen and oxygen atoms in total. The molecule has 0 radical (unpaired) electrons. The van der Waals surface area contributed by atoms with Gasteiger partial charge in [-0.3, -0.25) is 29.1 Å². The van der Waals surface area contributed by atoms with Gasteiger partial charge in [0.2, 0.25) is 0 Å². The van der Waals surface area contributed by atoms with Crippen molar-refractivity contribution >= 4 is 23.5 Å². The largest absolute Gasteiger partial charge is 0.384 e. The third-order valence-corrected chi connectivity index (χ3v) is 4.74. The lowest BCUT2D eigenvalue weighted by Gasteiger charge is -2.12. The third-order valence-electron chi connectivity index (χ3n) is 4.74. The lowest BCUT2D eigenvalue weighted by molar-refractivity contribution is 0.0877. The zero-order valence-electron chi connectivity index (χ0n) is 16.4. The predicted octanol–water partition coefficient (Wildman–Crippen LogP) is -0.135. The molecular weight excluding hydrogens is 404 g/mol. The third kappa shape index (κ3) is 3.57. The van der Waals surface area contributed by atoms with E-state index in [1.165, 1.54) is 4.68 Å². The maximum Gasteiger partial charge on any atom is 0.271 e. The monoisotopic (exact) mass is 422 g/mol. The van der Waals surface area contributed by atoms with E-state index in [9.17, 15) is 19.2 Å². The number of methoxy groups -OCH3 is 1. The van der Waals surface area contributed by atoms with Crippen LogP contribution in [-0.4, -0.2) is 52.3 Å². The Kier molecular flexibility index (Phi) is 5.09. The van der Waals surface area contributed by atoms with E-state index in [0.717, 1.165) is 10.6 Å². The Labute approximate surface area is 175 Å². The molecule has 3 aromatic rings. The van der Waals surface area contributed by atoms with E-state index < -0.39 is 17.4 Å². The second kappa shape index (κ2) is 7.88. The zero-order chi connectivity index (χ0) is 22.1. The normalized spacial score (nSPS) is 12.5. The van der Waals surface area contributed by atoms with Crippen molar-refractivity contribution in [1.29, 1.82) is 0 Å². The lowest BCUT2D eigenvalue weighted by Crippen LogP contribution is -2.27. The molecule has 0 bridgehead atoms. The van der Waals surface area contributed by atoms with Crippen LogP contribution in [0.5, 0.6) is 0 Å². The van der Waals surface area contributed by atoms with Crippen molar-refractivity contribution in [3.8, 4) is 11.4 Å². The van der Waals surface area contributed by atoms with Crippen molar-refractivity contribution in [1.82, 2.24) is 25.0 Å². The standard InChI is InChI=1S/C20H18N6O5/c1-31-9-7-22-19(29)14-6-8-25(24-14)11-2-4-12(5-3-11)26-15(27)10-13-16(17(26)21)20(30)23-18(13)28/h2-6,8,10H,7,9,21H2,1H3,(H,22,29)(H,23,28,30). The maximum absolute atomic E-state index is 12.5. The minimum atomic E-state index is -0.646. The summed E-state index contributed by atoms with van der Waals surface area (Å²) < 4.78 is 7.55. The van der Waals surface area contributed by atoms with Gasteiger partial charge in [0.1, 0.15) is 5.82 Å². The molecular formula is C20H18N6O5. The van der Waals surface area contributed by atoms with Crippen LogP contribution >= 0.6 is 0 Å². The molecule has 3 heterocycles. The number of ether oxygens (including phenoxy) is 1. The first kappa shape index (κ1) is 20.0. The van der Waals surface area contributed by atoms with Gasteiger partial charge in [-0.05, 0) is 30.3 Å². The molecule has 0 saturated carbocycles. The maximum atomic E-state index is 12.5. The molecule has 11 heteroatoms. The van der Waals surface area contributed by atoms with Gasteiger partial charge in [-0.1, -0.05) is 0 Å². The molecule has 0 spiro atoms. The smallest absolute Gasteiger partial charge is 0.271 e. The molecule has 1 aliphatic rings. The average Bonchev–Trinajstić information content (AvgIpc) is 3.34. The van der Waals surface area contributed by atoms with Gasteiger partial charge in [0.05, 0.1) is 29.1 Å². The van der Waals surface area contributed by atoms with Crippen molar-refractivity contribution in [2.75, 3.05) is 26.0 Å². The molecule has 0 saturated heterocycles. The quantitative estimate of drug-likeness (QED) is 0.370. The SMILES string of the molecule is COCCNC(=O)c1ccn(-c2ccc(-n3c(N)c4c(cc3=O)C(=O)NC4=O)cc2)n1. The summed E-state index contributed by atoms with van der Waals surface area (Å²) in [5.74, 6) is -1.73. The molecule has 1 aromatic carbocycles. The molecule has 0 atom stereocenters. The number of carbonyl (C=O) groups excluding carboxylic acids is 3. The number of fused-ring (bicyclic) bond motifs is 1. The van der Waals surface area contributed by atoms with Crippen LogP contribution in [-0.2, 0) is 4.74 Å². The summed E-state index contributed by atoms with van der Waals surface area (Å²) >= 11 is 0. The summed E-state index contributed by atoms with van der Waals surface area (Å²) in [6.07, 6.45) is 1.63. The number of nitrogens with two attached hydrogens (primary N) is 1. The summed E-state index contributed by atoms with van der Waals surface area (Å²) in [6, 6.07) is 9.26. The van der Waals surface area contributed by atoms with E-state index in [4.69, 9.17) is 10.5 Å². The summed E-state index contributed by atoms with van der Waals surface area (Å²) in [6.45, 7) is 0.770. The lowest BCUT2D eigenvalue weighted by atomic mass is 10.1. The number of benzene rings is 1. The fraction of sp³-hybridized carbons (Fsp3) is 0.150. The highest BCUT2D eigenvalue weighted by Gasteiger charge is 2.31. The number of nitrogens with one attached hydrogen (secondary N) is 2. The molecule has 0 unspecified atom stereocenters. The van der Waals surface area contributed by atoms with Gasteiger partial charge in [0.15, 0.2) is 5.69 Å². The van der Waals surface area contributed by atoms with E-state index in [-0.39, 0.29) is 28.5 Å². The van der Waals surface area contributed by atoms with E-state index >= 15 is 0 Å². The van der Waals surface area contributed by atoms with E-state index in [2.05, 4.69) is 15.7 Å². The highest BCUT2D eigenvalue weighted by molar-refractivity contribution is 6.23. The first-order chi connectivity index (χ1) is 14.9. The molecule has 2 aromatic heterocycles. The zero-order valence-corrected chi connectivity index (χ0v) is 16.4. The Morgan fingerprint density at radius 3 is 2.55 bits per heavy atom. The molecule has 158 valence electrons. The Bertz CT molecular complexity index is 1260. The Hall–Kier alpha value is -4.25. The molecule has 0 fully saturated rings. The van der Waals surface area contributed by atoms with Gasteiger partial charge in [0, 0.05) is 25.9 Å². The summed E-state index contributed by atoms with van der Waals surface area (Å²) in [7, 11) is 1.54. The van der Waals surface area contributed by atoms with Gasteiger partial charge in [-0.2, -0.15) is 5.10 Å². The first-order valence-corrected chi connectivity index (χ1v) is 9.25. The van der Waals surface area contributed by atoms with Crippen LogP contribution in [0.3, 0.4) is 0 Å². The minimum Gasteiger partial charge on any atom is -0.384 e. The molecule has 3 amide bonds. The number of nitrogens with zero attached hydrogens (tertiary/aromatic N) is 3. The van der Waals surface area contributed by atoms with Crippen molar-refractivity contribution in [3.63, 3.8) is 0 Å². The molecule has 31 heavy (non-hydrogen) atoms. The summed E-state index contributed by atoms with van der Waals surface area (Å²) in [5.41, 5.74) is 6.73. The van der Waals surface area contributed by atoms with E-state index in [0.29, 0.717) is 24.5 Å². The van der Waals surface area contributed by atoms with Gasteiger partial charge in [-0.15, -0.1) is 0 Å². The highest BCUT2D eigenvalue weighted by Crippen LogP contribution is 2.23. The Morgan fingerprint density at radius 2 is 1.84 bits per heavy atom. The van der Waals surface area contributed by atoms with Crippen molar-refractivity contribution in [2.24, 2.45) is 0 Å². The number of anilines is 1. The molecule has 1 aliphatic heterocycles. The summed E-state index contributed by atoms with van der Waals surface area (Å²) in [4.78, 5) is 48.4. The topological polar surface area (TPSA) is 150 Å². The van der Waals surface area contributed by atoms with Crippen LogP contribution in [0.1, 0.15) is 31.2 Å². The number of nitrogen functional groups attached to an aromatic ring is 1. The van der Waals surface area contributed by atoms with Crippen LogP contribution in [0.2, 0.25) is 0 Å². The van der Waals surface area contributed by atoms with Gasteiger partial charge < -0.3 is 15.8 Å². The van der Waals surface area contributed by atoms with Gasteiger partial charge in [-0.25, -0.2) is 4.68 Å². The average molecular weight is 422 g/mol. The predicted molar refractivity (Wildman–Crippen MR) is 110 cm³/mol. The van der Waals surface area contributed by atoms with Crippen LogP contribution < -0.4 is 21.9 Å². The number of imide groups is 1. The number of carbonyl (C=O) groups is 3. The number of pyridine rings is 1. The number of aromatic nitrogens is 3. The van der Waals surface area contributed by atoms with E-state index in [1.807, 2.05) is 0 Å². The van der Waals surface area contributed by atoms with Gasteiger partial charge in [0.25, 0.3) is 23.3 Å².